The Morgan fingerprint density at radius 3 is 2.48 bits per heavy atom. The lowest BCUT2D eigenvalue weighted by Gasteiger charge is -2.39. The van der Waals surface area contributed by atoms with Gasteiger partial charge in [-0.2, -0.15) is 0 Å². The molecule has 1 amide bonds. The van der Waals surface area contributed by atoms with E-state index in [1.54, 1.807) is 0 Å². The van der Waals surface area contributed by atoms with Crippen LogP contribution in [0.3, 0.4) is 0 Å². The van der Waals surface area contributed by atoms with Crippen LogP contribution < -0.4 is 0 Å². The minimum absolute atomic E-state index is 0.161. The zero-order chi connectivity index (χ0) is 18.6. The van der Waals surface area contributed by atoms with Gasteiger partial charge in [-0.3, -0.25) is 9.69 Å². The number of rotatable bonds is 4. The minimum Gasteiger partial charge on any atom is -0.335 e. The summed E-state index contributed by atoms with van der Waals surface area (Å²) in [6.07, 6.45) is 4.68. The van der Waals surface area contributed by atoms with Crippen LogP contribution in [0.1, 0.15) is 41.6 Å². The van der Waals surface area contributed by atoms with Gasteiger partial charge >= 0.3 is 0 Å². The lowest BCUT2D eigenvalue weighted by Crippen LogP contribution is -2.46. The monoisotopic (exact) mass is 382 g/mol. The molecule has 0 saturated carbocycles. The molecular weight excluding hydrogens is 356 g/mol. The van der Waals surface area contributed by atoms with E-state index in [2.05, 4.69) is 40.1 Å². The molecule has 27 heavy (non-hydrogen) atoms. The Morgan fingerprint density at radius 2 is 1.70 bits per heavy atom. The van der Waals surface area contributed by atoms with Gasteiger partial charge in [-0.25, -0.2) is 0 Å². The summed E-state index contributed by atoms with van der Waals surface area (Å²) in [4.78, 5) is 17.7. The highest BCUT2D eigenvalue weighted by molar-refractivity contribution is 6.30. The van der Waals surface area contributed by atoms with Crippen LogP contribution in [0.4, 0.5) is 0 Å². The molecule has 4 heteroatoms. The quantitative estimate of drug-likeness (QED) is 0.754. The third-order valence-corrected chi connectivity index (χ3v) is 6.24. The Balaban J connectivity index is 1.43. The molecule has 0 bridgehead atoms. The third-order valence-electron chi connectivity index (χ3n) is 5.99. The number of carbonyl (C=O) groups is 1. The highest BCUT2D eigenvalue weighted by Crippen LogP contribution is 2.32. The Morgan fingerprint density at radius 1 is 0.963 bits per heavy atom. The first-order valence-electron chi connectivity index (χ1n) is 10.0. The lowest BCUT2D eigenvalue weighted by molar-refractivity contribution is 0.0589. The molecule has 0 N–H and O–H groups in total. The van der Waals surface area contributed by atoms with Crippen molar-refractivity contribution in [2.45, 2.75) is 38.3 Å². The first kappa shape index (κ1) is 18.5. The second-order valence-corrected chi connectivity index (χ2v) is 8.27. The maximum Gasteiger partial charge on any atom is 0.254 e. The first-order valence-corrected chi connectivity index (χ1v) is 10.4. The predicted molar refractivity (Wildman–Crippen MR) is 110 cm³/mol. The van der Waals surface area contributed by atoms with E-state index in [9.17, 15) is 4.79 Å². The molecule has 0 aromatic heterocycles. The van der Waals surface area contributed by atoms with Crippen molar-refractivity contribution >= 4 is 17.5 Å². The summed E-state index contributed by atoms with van der Waals surface area (Å²) in [5, 5.41) is 0.674. The second-order valence-electron chi connectivity index (χ2n) is 7.84. The van der Waals surface area contributed by atoms with Crippen LogP contribution in [0.15, 0.2) is 54.6 Å². The van der Waals surface area contributed by atoms with Gasteiger partial charge < -0.3 is 4.90 Å². The molecule has 0 radical (unpaired) electrons. The van der Waals surface area contributed by atoms with Gasteiger partial charge in [0.05, 0.1) is 0 Å². The van der Waals surface area contributed by atoms with E-state index in [0.29, 0.717) is 17.0 Å². The molecule has 2 aliphatic heterocycles. The standard InChI is InChI=1S/C23H27ClN2O/c24-21-12-10-19(11-13-21)23(27)26-15-5-9-22(26)20-8-4-14-25(17-20)16-18-6-2-1-3-7-18/h1-3,6-7,10-13,20,22H,4-5,8-9,14-17H2. The minimum atomic E-state index is 0.161. The Bertz CT molecular complexity index is 762. The van der Waals surface area contributed by atoms with E-state index in [1.165, 1.54) is 18.4 Å². The number of nitrogens with zero attached hydrogens (tertiary/aromatic N) is 2. The normalized spacial score (nSPS) is 23.5. The maximum absolute atomic E-state index is 13.1. The Hall–Kier alpha value is -1.84. The molecule has 3 nitrogen and oxygen atoms in total. The van der Waals surface area contributed by atoms with Crippen LogP contribution >= 0.6 is 11.6 Å². The highest BCUT2D eigenvalue weighted by atomic mass is 35.5. The SMILES string of the molecule is O=C(c1ccc(Cl)cc1)N1CCCC1C1CCCN(Cc2ccccc2)C1. The Kier molecular flexibility index (Phi) is 5.80. The van der Waals surface area contributed by atoms with Gasteiger partial charge in [0.2, 0.25) is 0 Å². The third kappa shape index (κ3) is 4.36. The van der Waals surface area contributed by atoms with Crippen LogP contribution in [0, 0.1) is 5.92 Å². The molecule has 2 unspecified atom stereocenters. The summed E-state index contributed by atoms with van der Waals surface area (Å²) in [7, 11) is 0. The fourth-order valence-electron chi connectivity index (χ4n) is 4.68. The molecule has 2 fully saturated rings. The number of hydrogen-bond acceptors (Lipinski definition) is 2. The topological polar surface area (TPSA) is 23.6 Å². The van der Waals surface area contributed by atoms with Crippen LogP contribution in [0.2, 0.25) is 5.02 Å². The predicted octanol–water partition coefficient (Wildman–Crippen LogP) is 4.86. The van der Waals surface area contributed by atoms with E-state index in [1.807, 2.05) is 24.3 Å². The van der Waals surface area contributed by atoms with Crippen molar-refractivity contribution in [1.29, 1.82) is 0 Å². The van der Waals surface area contributed by atoms with Crippen molar-refractivity contribution < 1.29 is 4.79 Å². The average molecular weight is 383 g/mol. The number of likely N-dealkylation sites (tertiary alicyclic amines) is 2. The fourth-order valence-corrected chi connectivity index (χ4v) is 4.81. The number of piperidine rings is 1. The summed E-state index contributed by atoms with van der Waals surface area (Å²) < 4.78 is 0. The number of hydrogen-bond donors (Lipinski definition) is 0. The fraction of sp³-hybridized carbons (Fsp3) is 0.435. The van der Waals surface area contributed by atoms with Crippen molar-refractivity contribution in [2.75, 3.05) is 19.6 Å². The molecule has 0 aliphatic carbocycles. The van der Waals surface area contributed by atoms with Crippen LogP contribution in [-0.4, -0.2) is 41.4 Å². The summed E-state index contributed by atoms with van der Waals surface area (Å²) in [6.45, 7) is 4.13. The smallest absolute Gasteiger partial charge is 0.254 e. The molecule has 2 aromatic carbocycles. The van der Waals surface area contributed by atoms with Gasteiger partial charge in [-0.05, 0) is 68.0 Å². The van der Waals surface area contributed by atoms with E-state index in [0.717, 1.165) is 44.6 Å². The summed E-state index contributed by atoms with van der Waals surface area (Å²) in [6, 6.07) is 18.4. The van der Waals surface area contributed by atoms with Gasteiger partial charge in [-0.1, -0.05) is 41.9 Å². The van der Waals surface area contributed by atoms with Crippen molar-refractivity contribution in [3.63, 3.8) is 0 Å². The van der Waals surface area contributed by atoms with E-state index in [4.69, 9.17) is 11.6 Å². The number of halogens is 1. The average Bonchev–Trinajstić information content (AvgIpc) is 3.19. The number of carbonyl (C=O) groups excluding carboxylic acids is 1. The summed E-state index contributed by atoms with van der Waals surface area (Å²) >= 11 is 5.98. The molecule has 142 valence electrons. The molecular formula is C23H27ClN2O. The van der Waals surface area contributed by atoms with E-state index in [-0.39, 0.29) is 5.91 Å². The zero-order valence-electron chi connectivity index (χ0n) is 15.7. The van der Waals surface area contributed by atoms with Gasteiger partial charge in [0, 0.05) is 36.3 Å². The van der Waals surface area contributed by atoms with Crippen molar-refractivity contribution in [3.05, 3.63) is 70.7 Å². The van der Waals surface area contributed by atoms with E-state index >= 15 is 0 Å². The Labute approximate surface area is 166 Å². The van der Waals surface area contributed by atoms with Gasteiger partial charge in [0.25, 0.3) is 5.91 Å². The molecule has 2 aromatic rings. The van der Waals surface area contributed by atoms with Crippen molar-refractivity contribution in [2.24, 2.45) is 5.92 Å². The number of amides is 1. The largest absolute Gasteiger partial charge is 0.335 e. The maximum atomic E-state index is 13.1. The molecule has 2 saturated heterocycles. The molecule has 0 spiro atoms. The molecule has 2 heterocycles. The van der Waals surface area contributed by atoms with E-state index < -0.39 is 0 Å². The van der Waals surface area contributed by atoms with Crippen molar-refractivity contribution in [1.82, 2.24) is 9.80 Å². The van der Waals surface area contributed by atoms with Crippen LogP contribution in [0.5, 0.6) is 0 Å². The lowest BCUT2D eigenvalue weighted by atomic mass is 9.88. The molecule has 4 rings (SSSR count). The van der Waals surface area contributed by atoms with Gasteiger partial charge in [0.1, 0.15) is 0 Å². The molecule has 2 atom stereocenters. The number of benzene rings is 2. The first-order chi connectivity index (χ1) is 13.2. The zero-order valence-corrected chi connectivity index (χ0v) is 16.4. The summed E-state index contributed by atoms with van der Waals surface area (Å²) in [5.74, 6) is 0.732. The van der Waals surface area contributed by atoms with Crippen LogP contribution in [-0.2, 0) is 6.54 Å². The highest BCUT2D eigenvalue weighted by Gasteiger charge is 2.37. The van der Waals surface area contributed by atoms with Gasteiger partial charge in [-0.15, -0.1) is 0 Å². The summed E-state index contributed by atoms with van der Waals surface area (Å²) in [5.41, 5.74) is 2.13. The van der Waals surface area contributed by atoms with Crippen molar-refractivity contribution in [3.8, 4) is 0 Å². The second kappa shape index (κ2) is 8.45. The van der Waals surface area contributed by atoms with Gasteiger partial charge in [0.15, 0.2) is 0 Å². The van der Waals surface area contributed by atoms with Crippen LogP contribution in [0.25, 0.3) is 0 Å². The molecule has 2 aliphatic rings.